The zero-order valence-corrected chi connectivity index (χ0v) is 9.77. The number of hydrogen-bond acceptors (Lipinski definition) is 5. The standard InChI is InChI=1S/C10H17N5O/c1-7(11)6-12-9-5-4-8(13-14-9)10(16)15(2)3/h4-5,7H,6,11H2,1-3H3,(H,12,14). The number of aromatic nitrogens is 2. The van der Waals surface area contributed by atoms with Crippen molar-refractivity contribution in [3.05, 3.63) is 17.8 Å². The number of anilines is 1. The molecule has 6 nitrogen and oxygen atoms in total. The quantitative estimate of drug-likeness (QED) is 0.747. The van der Waals surface area contributed by atoms with E-state index in [1.165, 1.54) is 4.90 Å². The molecule has 1 aromatic heterocycles. The van der Waals surface area contributed by atoms with Crippen molar-refractivity contribution in [2.75, 3.05) is 26.0 Å². The predicted molar refractivity (Wildman–Crippen MR) is 62.2 cm³/mol. The number of carbonyl (C=O) groups is 1. The van der Waals surface area contributed by atoms with Gasteiger partial charge in [-0.15, -0.1) is 10.2 Å². The van der Waals surface area contributed by atoms with Crippen molar-refractivity contribution in [1.82, 2.24) is 15.1 Å². The molecule has 1 amide bonds. The highest BCUT2D eigenvalue weighted by Gasteiger charge is 2.09. The van der Waals surface area contributed by atoms with Gasteiger partial charge in [0.1, 0.15) is 5.82 Å². The smallest absolute Gasteiger partial charge is 0.273 e. The Morgan fingerprint density at radius 1 is 1.50 bits per heavy atom. The van der Waals surface area contributed by atoms with E-state index in [1.54, 1.807) is 26.2 Å². The molecule has 1 atom stereocenters. The van der Waals surface area contributed by atoms with Gasteiger partial charge in [0.05, 0.1) is 0 Å². The Kier molecular flexibility index (Phi) is 4.19. The molecule has 0 radical (unpaired) electrons. The molecule has 0 saturated carbocycles. The Morgan fingerprint density at radius 3 is 2.62 bits per heavy atom. The van der Waals surface area contributed by atoms with Gasteiger partial charge in [-0.25, -0.2) is 0 Å². The lowest BCUT2D eigenvalue weighted by Gasteiger charge is -2.10. The van der Waals surface area contributed by atoms with E-state index < -0.39 is 0 Å². The van der Waals surface area contributed by atoms with E-state index in [0.29, 0.717) is 18.1 Å². The number of nitrogens with two attached hydrogens (primary N) is 1. The van der Waals surface area contributed by atoms with Crippen LogP contribution in [0.5, 0.6) is 0 Å². The summed E-state index contributed by atoms with van der Waals surface area (Å²) >= 11 is 0. The minimum Gasteiger partial charge on any atom is -0.367 e. The second-order valence-corrected chi connectivity index (χ2v) is 3.86. The Morgan fingerprint density at radius 2 is 2.19 bits per heavy atom. The molecule has 88 valence electrons. The number of hydrogen-bond donors (Lipinski definition) is 2. The fraction of sp³-hybridized carbons (Fsp3) is 0.500. The molecule has 1 unspecified atom stereocenters. The van der Waals surface area contributed by atoms with Crippen molar-refractivity contribution in [1.29, 1.82) is 0 Å². The largest absolute Gasteiger partial charge is 0.367 e. The lowest BCUT2D eigenvalue weighted by molar-refractivity contribution is 0.0821. The van der Waals surface area contributed by atoms with E-state index in [4.69, 9.17) is 5.73 Å². The van der Waals surface area contributed by atoms with Crippen LogP contribution in [0.3, 0.4) is 0 Å². The van der Waals surface area contributed by atoms with Crippen molar-refractivity contribution in [2.24, 2.45) is 5.73 Å². The maximum Gasteiger partial charge on any atom is 0.273 e. The first kappa shape index (κ1) is 12.4. The number of carbonyl (C=O) groups excluding carboxylic acids is 1. The second kappa shape index (κ2) is 5.41. The van der Waals surface area contributed by atoms with E-state index in [2.05, 4.69) is 15.5 Å². The summed E-state index contributed by atoms with van der Waals surface area (Å²) in [6, 6.07) is 3.40. The van der Waals surface area contributed by atoms with Gasteiger partial charge >= 0.3 is 0 Å². The van der Waals surface area contributed by atoms with Crippen LogP contribution in [-0.4, -0.2) is 47.7 Å². The van der Waals surface area contributed by atoms with Gasteiger partial charge in [0.15, 0.2) is 5.69 Å². The summed E-state index contributed by atoms with van der Waals surface area (Å²) < 4.78 is 0. The number of nitrogens with one attached hydrogen (secondary N) is 1. The van der Waals surface area contributed by atoms with E-state index in [1.807, 2.05) is 6.92 Å². The molecule has 0 aliphatic carbocycles. The average Bonchev–Trinajstić information content (AvgIpc) is 2.26. The minimum atomic E-state index is -0.161. The summed E-state index contributed by atoms with van der Waals surface area (Å²) in [5, 5.41) is 10.7. The van der Waals surface area contributed by atoms with E-state index in [-0.39, 0.29) is 11.9 Å². The highest BCUT2D eigenvalue weighted by Crippen LogP contribution is 2.03. The average molecular weight is 223 g/mol. The van der Waals surface area contributed by atoms with Gasteiger partial charge in [0, 0.05) is 26.7 Å². The van der Waals surface area contributed by atoms with Gasteiger partial charge in [-0.3, -0.25) is 4.79 Å². The normalized spacial score (nSPS) is 12.0. The van der Waals surface area contributed by atoms with Gasteiger partial charge in [-0.05, 0) is 19.1 Å². The van der Waals surface area contributed by atoms with E-state index >= 15 is 0 Å². The SMILES string of the molecule is CC(N)CNc1ccc(C(=O)N(C)C)nn1. The van der Waals surface area contributed by atoms with Crippen molar-refractivity contribution in [3.8, 4) is 0 Å². The Hall–Kier alpha value is -1.69. The van der Waals surface area contributed by atoms with Gasteiger partial charge in [-0.2, -0.15) is 0 Å². The summed E-state index contributed by atoms with van der Waals surface area (Å²) in [7, 11) is 3.35. The van der Waals surface area contributed by atoms with Gasteiger partial charge in [0.2, 0.25) is 0 Å². The summed E-state index contributed by atoms with van der Waals surface area (Å²) in [6.07, 6.45) is 0. The van der Waals surface area contributed by atoms with Crippen molar-refractivity contribution in [3.63, 3.8) is 0 Å². The van der Waals surface area contributed by atoms with Crippen LogP contribution in [0.4, 0.5) is 5.82 Å². The van der Waals surface area contributed by atoms with Crippen LogP contribution in [0.25, 0.3) is 0 Å². The molecule has 0 fully saturated rings. The van der Waals surface area contributed by atoms with E-state index in [9.17, 15) is 4.79 Å². The van der Waals surface area contributed by atoms with Crippen LogP contribution in [-0.2, 0) is 0 Å². The van der Waals surface area contributed by atoms with Crippen molar-refractivity contribution < 1.29 is 4.79 Å². The van der Waals surface area contributed by atoms with Crippen LogP contribution >= 0.6 is 0 Å². The first-order chi connectivity index (χ1) is 7.50. The van der Waals surface area contributed by atoms with Crippen LogP contribution in [0.2, 0.25) is 0 Å². The van der Waals surface area contributed by atoms with Gasteiger partial charge in [0.25, 0.3) is 5.91 Å². The summed E-state index contributed by atoms with van der Waals surface area (Å²) in [5.41, 5.74) is 5.92. The molecule has 1 heterocycles. The number of amides is 1. The molecule has 0 bridgehead atoms. The molecule has 16 heavy (non-hydrogen) atoms. The fourth-order valence-electron chi connectivity index (χ4n) is 1.04. The van der Waals surface area contributed by atoms with Crippen LogP contribution in [0.15, 0.2) is 12.1 Å². The monoisotopic (exact) mass is 223 g/mol. The Bertz CT molecular complexity index is 347. The van der Waals surface area contributed by atoms with Gasteiger partial charge < -0.3 is 16.0 Å². The Balaban J connectivity index is 2.64. The first-order valence-corrected chi connectivity index (χ1v) is 5.05. The van der Waals surface area contributed by atoms with E-state index in [0.717, 1.165) is 0 Å². The highest BCUT2D eigenvalue weighted by molar-refractivity contribution is 5.91. The number of rotatable bonds is 4. The summed E-state index contributed by atoms with van der Waals surface area (Å²) in [6.45, 7) is 2.51. The van der Waals surface area contributed by atoms with Crippen LogP contribution in [0.1, 0.15) is 17.4 Å². The minimum absolute atomic E-state index is 0.0462. The predicted octanol–water partition coefficient (Wildman–Crippen LogP) is -0.0625. The van der Waals surface area contributed by atoms with Crippen LogP contribution < -0.4 is 11.1 Å². The zero-order chi connectivity index (χ0) is 12.1. The summed E-state index contributed by atoms with van der Waals surface area (Å²) in [5.74, 6) is 0.457. The Labute approximate surface area is 94.8 Å². The molecule has 1 aromatic rings. The molecular formula is C10H17N5O. The third-order valence-corrected chi connectivity index (χ3v) is 1.89. The lowest BCUT2D eigenvalue weighted by atomic mass is 10.3. The molecule has 0 saturated heterocycles. The molecule has 0 aromatic carbocycles. The number of nitrogens with zero attached hydrogens (tertiary/aromatic N) is 3. The molecule has 3 N–H and O–H groups in total. The van der Waals surface area contributed by atoms with Gasteiger partial charge in [-0.1, -0.05) is 0 Å². The third-order valence-electron chi connectivity index (χ3n) is 1.89. The lowest BCUT2D eigenvalue weighted by Crippen LogP contribution is -2.26. The fourth-order valence-corrected chi connectivity index (χ4v) is 1.04. The second-order valence-electron chi connectivity index (χ2n) is 3.86. The van der Waals surface area contributed by atoms with Crippen LogP contribution in [0, 0.1) is 0 Å². The maximum absolute atomic E-state index is 11.5. The van der Waals surface area contributed by atoms with Crippen molar-refractivity contribution in [2.45, 2.75) is 13.0 Å². The molecular weight excluding hydrogens is 206 g/mol. The highest BCUT2D eigenvalue weighted by atomic mass is 16.2. The topological polar surface area (TPSA) is 84.1 Å². The first-order valence-electron chi connectivity index (χ1n) is 5.05. The zero-order valence-electron chi connectivity index (χ0n) is 9.77. The maximum atomic E-state index is 11.5. The molecule has 0 aliphatic rings. The molecule has 0 aliphatic heterocycles. The molecule has 6 heteroatoms. The third kappa shape index (κ3) is 3.47. The molecule has 0 spiro atoms. The summed E-state index contributed by atoms with van der Waals surface area (Å²) in [4.78, 5) is 13.0. The molecule has 1 rings (SSSR count). The van der Waals surface area contributed by atoms with Crippen molar-refractivity contribution >= 4 is 11.7 Å².